The maximum absolute atomic E-state index is 10.9. The third-order valence-corrected chi connectivity index (χ3v) is 6.38. The number of benzene rings is 3. The second kappa shape index (κ2) is 9.86. The third kappa shape index (κ3) is 5.40. The lowest BCUT2D eigenvalue weighted by molar-refractivity contribution is 0.0130. The lowest BCUT2D eigenvalue weighted by Gasteiger charge is -2.45. The van der Waals surface area contributed by atoms with Gasteiger partial charge in [-0.1, -0.05) is 64.6 Å². The van der Waals surface area contributed by atoms with Gasteiger partial charge >= 0.3 is 0 Å². The second-order valence-corrected chi connectivity index (χ2v) is 9.10. The number of nitrogens with zero attached hydrogens (tertiary/aromatic N) is 2. The molecule has 0 radical (unpaired) electrons. The Hall–Kier alpha value is -1.66. The zero-order valence-corrected chi connectivity index (χ0v) is 19.5. The van der Waals surface area contributed by atoms with E-state index in [0.717, 1.165) is 16.9 Å². The molecule has 0 spiro atoms. The number of aliphatic hydroxyl groups is 1. The first-order chi connectivity index (χ1) is 14.9. The Morgan fingerprint density at radius 1 is 0.839 bits per heavy atom. The van der Waals surface area contributed by atoms with E-state index in [2.05, 4.69) is 10.2 Å². The summed E-state index contributed by atoms with van der Waals surface area (Å²) in [6, 6.07) is 20.5. The van der Waals surface area contributed by atoms with E-state index in [9.17, 15) is 5.11 Å². The Balaban J connectivity index is 1.60. The van der Waals surface area contributed by atoms with Crippen LogP contribution in [-0.4, -0.2) is 36.0 Å². The van der Waals surface area contributed by atoms with Gasteiger partial charge in [-0.05, 0) is 54.1 Å². The van der Waals surface area contributed by atoms with Crippen molar-refractivity contribution in [2.75, 3.05) is 29.9 Å². The van der Waals surface area contributed by atoms with Gasteiger partial charge in [0.15, 0.2) is 6.35 Å². The molecule has 1 aliphatic rings. The highest BCUT2D eigenvalue weighted by Crippen LogP contribution is 2.37. The zero-order valence-electron chi connectivity index (χ0n) is 16.5. The van der Waals surface area contributed by atoms with Crippen molar-refractivity contribution >= 4 is 57.8 Å². The van der Waals surface area contributed by atoms with Crippen molar-refractivity contribution in [2.45, 2.75) is 12.4 Å². The minimum atomic E-state index is -0.865. The van der Waals surface area contributed by atoms with Crippen molar-refractivity contribution in [2.24, 2.45) is 0 Å². The molecule has 0 bridgehead atoms. The van der Waals surface area contributed by atoms with Crippen molar-refractivity contribution in [1.29, 1.82) is 0 Å². The quantitative estimate of drug-likeness (QED) is 0.392. The van der Waals surface area contributed by atoms with Crippen LogP contribution in [0.15, 0.2) is 66.7 Å². The molecule has 1 heterocycles. The van der Waals surface area contributed by atoms with Crippen LogP contribution in [-0.2, 0) is 0 Å². The predicted molar refractivity (Wildman–Crippen MR) is 131 cm³/mol. The molecule has 0 aliphatic carbocycles. The summed E-state index contributed by atoms with van der Waals surface area (Å²) in [6.45, 7) is 1.88. The molecule has 4 nitrogen and oxygen atoms in total. The van der Waals surface area contributed by atoms with E-state index in [1.807, 2.05) is 53.4 Å². The Kier molecular flexibility index (Phi) is 7.17. The number of rotatable bonds is 5. The van der Waals surface area contributed by atoms with Gasteiger partial charge in [0.05, 0.1) is 16.8 Å². The zero-order chi connectivity index (χ0) is 22.0. The molecule has 1 saturated heterocycles. The fourth-order valence-electron chi connectivity index (χ4n) is 3.82. The SMILES string of the molecule is OC(Nc1cccc(Cl)c1)N1CCN(c2ccc(Cl)cc2Cl)C(c2ccc(Cl)cc2)C1. The summed E-state index contributed by atoms with van der Waals surface area (Å²) in [6.07, 6.45) is -0.865. The molecule has 3 aromatic carbocycles. The highest BCUT2D eigenvalue weighted by molar-refractivity contribution is 6.36. The maximum atomic E-state index is 10.9. The van der Waals surface area contributed by atoms with Crippen LogP contribution in [0.25, 0.3) is 0 Å². The van der Waals surface area contributed by atoms with Crippen LogP contribution >= 0.6 is 46.4 Å². The molecular weight excluding hydrogens is 476 g/mol. The summed E-state index contributed by atoms with van der Waals surface area (Å²) in [5.74, 6) is 0. The molecule has 2 atom stereocenters. The van der Waals surface area contributed by atoms with Gasteiger partial charge in [-0.15, -0.1) is 0 Å². The molecule has 4 rings (SSSR count). The number of hydrogen-bond acceptors (Lipinski definition) is 4. The number of halogens is 4. The normalized spacial score (nSPS) is 18.1. The standard InChI is InChI=1S/C23H21Cl4N3O/c24-16-6-4-15(5-7-16)22-14-29(23(31)28-19-3-1-2-17(25)12-19)10-11-30(22)21-9-8-18(26)13-20(21)27/h1-9,12-13,22-23,28,31H,10-11,14H2. The molecule has 8 heteroatoms. The first-order valence-corrected chi connectivity index (χ1v) is 11.3. The summed E-state index contributed by atoms with van der Waals surface area (Å²) in [5, 5.41) is 16.5. The van der Waals surface area contributed by atoms with Gasteiger partial charge < -0.3 is 15.3 Å². The fraction of sp³-hybridized carbons (Fsp3) is 0.217. The number of anilines is 2. The van der Waals surface area contributed by atoms with Crippen LogP contribution in [0, 0.1) is 0 Å². The summed E-state index contributed by atoms with van der Waals surface area (Å²) >= 11 is 24.8. The maximum Gasteiger partial charge on any atom is 0.184 e. The van der Waals surface area contributed by atoms with Gasteiger partial charge in [0.2, 0.25) is 0 Å². The molecule has 31 heavy (non-hydrogen) atoms. The molecule has 1 aliphatic heterocycles. The van der Waals surface area contributed by atoms with E-state index in [1.165, 1.54) is 0 Å². The number of hydrogen-bond donors (Lipinski definition) is 2. The molecule has 0 saturated carbocycles. The van der Waals surface area contributed by atoms with E-state index in [0.29, 0.717) is 39.7 Å². The highest BCUT2D eigenvalue weighted by atomic mass is 35.5. The van der Waals surface area contributed by atoms with Gasteiger partial charge in [0.25, 0.3) is 0 Å². The number of nitrogens with one attached hydrogen (secondary N) is 1. The molecular formula is C23H21Cl4N3O. The summed E-state index contributed by atoms with van der Waals surface area (Å²) < 4.78 is 0. The van der Waals surface area contributed by atoms with E-state index in [4.69, 9.17) is 46.4 Å². The Bertz CT molecular complexity index is 1050. The van der Waals surface area contributed by atoms with Crippen molar-refractivity contribution in [3.63, 3.8) is 0 Å². The monoisotopic (exact) mass is 495 g/mol. The van der Waals surface area contributed by atoms with Crippen LogP contribution in [0.3, 0.4) is 0 Å². The molecule has 162 valence electrons. The second-order valence-electron chi connectivity index (χ2n) is 7.38. The van der Waals surface area contributed by atoms with Crippen LogP contribution in [0.4, 0.5) is 11.4 Å². The van der Waals surface area contributed by atoms with Crippen molar-refractivity contribution in [1.82, 2.24) is 4.90 Å². The van der Waals surface area contributed by atoms with Crippen LogP contribution in [0.5, 0.6) is 0 Å². The first-order valence-electron chi connectivity index (χ1n) is 9.82. The Morgan fingerprint density at radius 2 is 1.55 bits per heavy atom. The van der Waals surface area contributed by atoms with Crippen LogP contribution in [0.1, 0.15) is 11.6 Å². The summed E-state index contributed by atoms with van der Waals surface area (Å²) in [4.78, 5) is 4.23. The Morgan fingerprint density at radius 3 is 2.26 bits per heavy atom. The van der Waals surface area contributed by atoms with E-state index in [-0.39, 0.29) is 6.04 Å². The minimum absolute atomic E-state index is 0.0412. The first kappa shape index (κ1) is 22.5. The van der Waals surface area contributed by atoms with E-state index in [1.54, 1.807) is 18.2 Å². The van der Waals surface area contributed by atoms with Crippen molar-refractivity contribution in [3.8, 4) is 0 Å². The molecule has 0 aromatic heterocycles. The van der Waals surface area contributed by atoms with Gasteiger partial charge in [-0.2, -0.15) is 0 Å². The average Bonchev–Trinajstić information content (AvgIpc) is 2.74. The van der Waals surface area contributed by atoms with Gasteiger partial charge in [0.1, 0.15) is 0 Å². The van der Waals surface area contributed by atoms with Crippen LogP contribution in [0.2, 0.25) is 20.1 Å². The number of aliphatic hydroxyl groups excluding tert-OH is 1. The molecule has 2 unspecified atom stereocenters. The van der Waals surface area contributed by atoms with Crippen molar-refractivity contribution < 1.29 is 5.11 Å². The van der Waals surface area contributed by atoms with Gasteiger partial charge in [-0.3, -0.25) is 4.90 Å². The van der Waals surface area contributed by atoms with E-state index < -0.39 is 6.35 Å². The Labute approximate surface area is 201 Å². The van der Waals surface area contributed by atoms with Gasteiger partial charge in [0, 0.05) is 40.4 Å². The van der Waals surface area contributed by atoms with Crippen LogP contribution < -0.4 is 10.2 Å². The fourth-order valence-corrected chi connectivity index (χ4v) is 4.65. The largest absolute Gasteiger partial charge is 0.361 e. The molecule has 1 fully saturated rings. The smallest absolute Gasteiger partial charge is 0.184 e. The van der Waals surface area contributed by atoms with Gasteiger partial charge in [-0.25, -0.2) is 0 Å². The molecule has 2 N–H and O–H groups in total. The lowest BCUT2D eigenvalue weighted by Crippen LogP contribution is -2.54. The predicted octanol–water partition coefficient (Wildman–Crippen LogP) is 6.55. The topological polar surface area (TPSA) is 38.7 Å². The summed E-state index contributed by atoms with van der Waals surface area (Å²) in [7, 11) is 0. The minimum Gasteiger partial charge on any atom is -0.361 e. The highest BCUT2D eigenvalue weighted by Gasteiger charge is 2.32. The van der Waals surface area contributed by atoms with Crippen molar-refractivity contribution in [3.05, 3.63) is 92.4 Å². The summed E-state index contributed by atoms with van der Waals surface area (Å²) in [5.41, 5.74) is 2.74. The lowest BCUT2D eigenvalue weighted by atomic mass is 10.0. The molecule has 0 amide bonds. The number of piperazine rings is 1. The average molecular weight is 497 g/mol. The molecule has 3 aromatic rings. The third-order valence-electron chi connectivity index (χ3n) is 5.35. The van der Waals surface area contributed by atoms with E-state index >= 15 is 0 Å².